The van der Waals surface area contributed by atoms with E-state index in [9.17, 15) is 9.18 Å². The van der Waals surface area contributed by atoms with Gasteiger partial charge in [0.05, 0.1) is 13.2 Å². The molecule has 5 heteroatoms. The van der Waals surface area contributed by atoms with E-state index in [0.29, 0.717) is 18.9 Å². The maximum atomic E-state index is 13.6. The summed E-state index contributed by atoms with van der Waals surface area (Å²) in [5.74, 6) is 0.192. The number of nitrogens with two attached hydrogens (primary N) is 1. The standard InChI is InChI=1S/C16H25FN2O2/c1-11(8-9-18)4-7-16(20)19-12(2)13-5-6-15(21-3)14(17)10-13/h5-6,10-12H,4,7-9,18H2,1-3H3,(H,19,20). The molecular weight excluding hydrogens is 271 g/mol. The van der Waals surface area contributed by atoms with Crippen molar-refractivity contribution in [1.82, 2.24) is 5.32 Å². The summed E-state index contributed by atoms with van der Waals surface area (Å²) >= 11 is 0. The number of ether oxygens (including phenoxy) is 1. The summed E-state index contributed by atoms with van der Waals surface area (Å²) in [6.45, 7) is 4.56. The Labute approximate surface area is 125 Å². The second-order valence-electron chi connectivity index (χ2n) is 5.40. The number of hydrogen-bond donors (Lipinski definition) is 2. The van der Waals surface area contributed by atoms with Crippen LogP contribution in [-0.2, 0) is 4.79 Å². The van der Waals surface area contributed by atoms with Gasteiger partial charge in [-0.25, -0.2) is 4.39 Å². The molecule has 1 aromatic rings. The summed E-state index contributed by atoms with van der Waals surface area (Å²) in [7, 11) is 1.42. The summed E-state index contributed by atoms with van der Waals surface area (Å²) in [6, 6.07) is 4.48. The zero-order valence-corrected chi connectivity index (χ0v) is 13.0. The van der Waals surface area contributed by atoms with Crippen molar-refractivity contribution in [2.45, 2.75) is 39.2 Å². The predicted octanol–water partition coefficient (Wildman–Crippen LogP) is 2.78. The fourth-order valence-corrected chi connectivity index (χ4v) is 2.16. The highest BCUT2D eigenvalue weighted by atomic mass is 19.1. The first-order valence-electron chi connectivity index (χ1n) is 7.30. The van der Waals surface area contributed by atoms with Crippen LogP contribution in [0.3, 0.4) is 0 Å². The van der Waals surface area contributed by atoms with Crippen LogP contribution in [0.15, 0.2) is 18.2 Å². The largest absolute Gasteiger partial charge is 0.494 e. The Morgan fingerprint density at radius 3 is 2.67 bits per heavy atom. The summed E-state index contributed by atoms with van der Waals surface area (Å²) in [4.78, 5) is 11.9. The Balaban J connectivity index is 2.50. The van der Waals surface area contributed by atoms with Crippen molar-refractivity contribution in [3.63, 3.8) is 0 Å². The van der Waals surface area contributed by atoms with E-state index in [1.807, 2.05) is 6.92 Å². The Bertz CT molecular complexity index is 466. The van der Waals surface area contributed by atoms with E-state index in [1.54, 1.807) is 12.1 Å². The monoisotopic (exact) mass is 296 g/mol. The lowest BCUT2D eigenvalue weighted by molar-refractivity contribution is -0.122. The van der Waals surface area contributed by atoms with Gasteiger partial charge in [0.25, 0.3) is 0 Å². The molecule has 21 heavy (non-hydrogen) atoms. The quantitative estimate of drug-likeness (QED) is 0.775. The smallest absolute Gasteiger partial charge is 0.220 e. The van der Waals surface area contributed by atoms with Gasteiger partial charge in [-0.3, -0.25) is 4.79 Å². The van der Waals surface area contributed by atoms with E-state index in [1.165, 1.54) is 13.2 Å². The zero-order valence-electron chi connectivity index (χ0n) is 13.0. The Morgan fingerprint density at radius 2 is 2.10 bits per heavy atom. The van der Waals surface area contributed by atoms with Gasteiger partial charge in [-0.15, -0.1) is 0 Å². The maximum Gasteiger partial charge on any atom is 0.220 e. The second kappa shape index (κ2) is 8.62. The van der Waals surface area contributed by atoms with Gasteiger partial charge in [0.2, 0.25) is 5.91 Å². The van der Waals surface area contributed by atoms with Crippen LogP contribution in [0, 0.1) is 11.7 Å². The summed E-state index contributed by atoms with van der Waals surface area (Å²) in [5.41, 5.74) is 6.20. The molecule has 0 saturated heterocycles. The molecular formula is C16H25FN2O2. The molecule has 0 fully saturated rings. The average Bonchev–Trinajstić information content (AvgIpc) is 2.45. The molecule has 0 bridgehead atoms. The first kappa shape index (κ1) is 17.4. The van der Waals surface area contributed by atoms with Gasteiger partial charge in [-0.05, 0) is 49.9 Å². The lowest BCUT2D eigenvalue weighted by Crippen LogP contribution is -2.27. The van der Waals surface area contributed by atoms with Gasteiger partial charge in [0.15, 0.2) is 11.6 Å². The van der Waals surface area contributed by atoms with Crippen molar-refractivity contribution >= 4 is 5.91 Å². The highest BCUT2D eigenvalue weighted by Gasteiger charge is 2.13. The molecule has 4 nitrogen and oxygen atoms in total. The van der Waals surface area contributed by atoms with Crippen LogP contribution in [0.5, 0.6) is 5.75 Å². The number of rotatable bonds is 8. The van der Waals surface area contributed by atoms with Gasteiger partial charge in [0.1, 0.15) is 0 Å². The molecule has 0 aromatic heterocycles. The van der Waals surface area contributed by atoms with Crippen LogP contribution in [0.4, 0.5) is 4.39 Å². The highest BCUT2D eigenvalue weighted by molar-refractivity contribution is 5.76. The predicted molar refractivity (Wildman–Crippen MR) is 81.6 cm³/mol. The van der Waals surface area contributed by atoms with E-state index in [4.69, 9.17) is 10.5 Å². The first-order valence-corrected chi connectivity index (χ1v) is 7.30. The van der Waals surface area contributed by atoms with E-state index in [0.717, 1.165) is 18.4 Å². The van der Waals surface area contributed by atoms with Gasteiger partial charge in [-0.2, -0.15) is 0 Å². The van der Waals surface area contributed by atoms with Crippen molar-refractivity contribution < 1.29 is 13.9 Å². The van der Waals surface area contributed by atoms with Gasteiger partial charge < -0.3 is 15.8 Å². The molecule has 0 aliphatic carbocycles. The Morgan fingerprint density at radius 1 is 1.38 bits per heavy atom. The fourth-order valence-electron chi connectivity index (χ4n) is 2.16. The van der Waals surface area contributed by atoms with Gasteiger partial charge in [0, 0.05) is 6.42 Å². The average molecular weight is 296 g/mol. The number of amides is 1. The summed E-state index contributed by atoms with van der Waals surface area (Å²) in [5, 5.41) is 2.88. The SMILES string of the molecule is COc1ccc(C(C)NC(=O)CCC(C)CCN)cc1F. The minimum absolute atomic E-state index is 0.0254. The molecule has 118 valence electrons. The normalized spacial score (nSPS) is 13.6. The number of carbonyl (C=O) groups is 1. The molecule has 3 N–H and O–H groups in total. The number of methoxy groups -OCH3 is 1. The van der Waals surface area contributed by atoms with Gasteiger partial charge in [-0.1, -0.05) is 13.0 Å². The summed E-state index contributed by atoms with van der Waals surface area (Å²) < 4.78 is 18.5. The van der Waals surface area contributed by atoms with E-state index < -0.39 is 5.82 Å². The number of halogens is 1. The van der Waals surface area contributed by atoms with Crippen molar-refractivity contribution in [1.29, 1.82) is 0 Å². The zero-order chi connectivity index (χ0) is 15.8. The molecule has 2 unspecified atom stereocenters. The third-order valence-electron chi connectivity index (χ3n) is 3.58. The Kier molecular flexibility index (Phi) is 7.15. The van der Waals surface area contributed by atoms with Crippen LogP contribution in [0.1, 0.15) is 44.7 Å². The summed E-state index contributed by atoms with van der Waals surface area (Å²) in [6.07, 6.45) is 2.20. The molecule has 0 aliphatic heterocycles. The highest BCUT2D eigenvalue weighted by Crippen LogP contribution is 2.21. The molecule has 0 heterocycles. The van der Waals surface area contributed by atoms with E-state index >= 15 is 0 Å². The van der Waals surface area contributed by atoms with Crippen molar-refractivity contribution in [3.8, 4) is 5.75 Å². The number of hydrogen-bond acceptors (Lipinski definition) is 3. The first-order chi connectivity index (χ1) is 9.97. The number of nitrogens with one attached hydrogen (secondary N) is 1. The number of benzene rings is 1. The molecule has 1 aromatic carbocycles. The fraction of sp³-hybridized carbons (Fsp3) is 0.562. The third kappa shape index (κ3) is 5.71. The van der Waals surface area contributed by atoms with Gasteiger partial charge >= 0.3 is 0 Å². The van der Waals surface area contributed by atoms with Crippen LogP contribution < -0.4 is 15.8 Å². The minimum Gasteiger partial charge on any atom is -0.494 e. The molecule has 1 rings (SSSR count). The topological polar surface area (TPSA) is 64.3 Å². The molecule has 0 radical (unpaired) electrons. The van der Waals surface area contributed by atoms with Crippen molar-refractivity contribution in [2.75, 3.05) is 13.7 Å². The molecule has 0 spiro atoms. The third-order valence-corrected chi connectivity index (χ3v) is 3.58. The number of carbonyl (C=O) groups excluding carboxylic acids is 1. The lowest BCUT2D eigenvalue weighted by atomic mass is 10.0. The molecule has 2 atom stereocenters. The van der Waals surface area contributed by atoms with Crippen LogP contribution in [0.2, 0.25) is 0 Å². The van der Waals surface area contributed by atoms with Crippen LogP contribution in [-0.4, -0.2) is 19.6 Å². The van der Waals surface area contributed by atoms with Crippen molar-refractivity contribution in [3.05, 3.63) is 29.6 Å². The molecule has 0 saturated carbocycles. The minimum atomic E-state index is -0.423. The van der Waals surface area contributed by atoms with E-state index in [2.05, 4.69) is 12.2 Å². The molecule has 0 aliphatic rings. The van der Waals surface area contributed by atoms with E-state index in [-0.39, 0.29) is 17.7 Å². The maximum absolute atomic E-state index is 13.6. The lowest BCUT2D eigenvalue weighted by Gasteiger charge is -2.16. The van der Waals surface area contributed by atoms with Crippen LogP contribution in [0.25, 0.3) is 0 Å². The Hall–Kier alpha value is -1.62. The second-order valence-corrected chi connectivity index (χ2v) is 5.40. The van der Waals surface area contributed by atoms with Crippen LogP contribution >= 0.6 is 0 Å². The van der Waals surface area contributed by atoms with Crippen molar-refractivity contribution in [2.24, 2.45) is 11.7 Å². The molecule has 1 amide bonds.